The molecule has 7 heteroatoms. The molecule has 0 spiro atoms. The molecule has 3 aromatic rings. The third-order valence-electron chi connectivity index (χ3n) is 6.27. The third-order valence-corrected chi connectivity index (χ3v) is 6.27. The van der Waals surface area contributed by atoms with E-state index in [-0.39, 0.29) is 17.1 Å². The predicted octanol–water partition coefficient (Wildman–Crippen LogP) is 3.07. The van der Waals surface area contributed by atoms with Crippen molar-refractivity contribution >= 4 is 16.9 Å². The first-order valence-electron chi connectivity index (χ1n) is 11.0. The van der Waals surface area contributed by atoms with Gasteiger partial charge in [-0.2, -0.15) is 0 Å². The zero-order chi connectivity index (χ0) is 22.1. The molecule has 5 rings (SSSR count). The van der Waals surface area contributed by atoms with Crippen molar-refractivity contribution < 1.29 is 18.7 Å². The number of amides is 1. The Morgan fingerprint density at radius 1 is 1.03 bits per heavy atom. The van der Waals surface area contributed by atoms with Crippen molar-refractivity contribution in [1.29, 1.82) is 0 Å². The van der Waals surface area contributed by atoms with Crippen LogP contribution >= 0.6 is 0 Å². The van der Waals surface area contributed by atoms with Crippen LogP contribution in [0.25, 0.3) is 11.0 Å². The van der Waals surface area contributed by atoms with Gasteiger partial charge in [0.2, 0.25) is 5.76 Å². The van der Waals surface area contributed by atoms with Gasteiger partial charge in [-0.3, -0.25) is 14.5 Å². The van der Waals surface area contributed by atoms with Gasteiger partial charge in [-0.15, -0.1) is 0 Å². The normalized spacial score (nSPS) is 18.8. The quantitative estimate of drug-likeness (QED) is 0.594. The lowest BCUT2D eigenvalue weighted by Gasteiger charge is -2.29. The van der Waals surface area contributed by atoms with Crippen molar-refractivity contribution in [3.8, 4) is 5.75 Å². The SMILES string of the molecule is COc1ccc2c(=O)c3c(oc2c1)C(=O)N(CCCN1CCOCC1)C3c1ccccc1. The van der Waals surface area contributed by atoms with Crippen molar-refractivity contribution in [3.05, 3.63) is 75.6 Å². The molecule has 32 heavy (non-hydrogen) atoms. The first-order chi connectivity index (χ1) is 15.7. The first kappa shape index (κ1) is 20.7. The van der Waals surface area contributed by atoms with Crippen LogP contribution in [0.2, 0.25) is 0 Å². The van der Waals surface area contributed by atoms with Crippen LogP contribution in [-0.2, 0) is 4.74 Å². The lowest BCUT2D eigenvalue weighted by molar-refractivity contribution is 0.0353. The summed E-state index contributed by atoms with van der Waals surface area (Å²) in [7, 11) is 1.55. The monoisotopic (exact) mass is 434 g/mol. The Labute approximate surface area is 186 Å². The summed E-state index contributed by atoms with van der Waals surface area (Å²) in [5, 5.41) is 0.452. The zero-order valence-electron chi connectivity index (χ0n) is 18.1. The van der Waals surface area contributed by atoms with Gasteiger partial charge in [0.05, 0.1) is 37.3 Å². The molecule has 166 valence electrons. The average Bonchev–Trinajstić information content (AvgIpc) is 3.12. The molecule has 1 fully saturated rings. The van der Waals surface area contributed by atoms with E-state index in [4.69, 9.17) is 13.9 Å². The van der Waals surface area contributed by atoms with E-state index in [9.17, 15) is 9.59 Å². The molecule has 0 radical (unpaired) electrons. The van der Waals surface area contributed by atoms with E-state index in [0.29, 0.717) is 28.8 Å². The molecule has 1 atom stereocenters. The van der Waals surface area contributed by atoms with Crippen LogP contribution < -0.4 is 10.2 Å². The molecular weight excluding hydrogens is 408 g/mol. The molecule has 0 saturated carbocycles. The Bertz CT molecular complexity index is 1180. The molecule has 1 amide bonds. The Hall–Kier alpha value is -3.16. The van der Waals surface area contributed by atoms with Gasteiger partial charge >= 0.3 is 0 Å². The Morgan fingerprint density at radius 2 is 1.81 bits per heavy atom. The molecule has 1 unspecified atom stereocenters. The average molecular weight is 434 g/mol. The highest BCUT2D eigenvalue weighted by Crippen LogP contribution is 2.38. The van der Waals surface area contributed by atoms with E-state index in [1.165, 1.54) is 0 Å². The van der Waals surface area contributed by atoms with Crippen LogP contribution in [0.1, 0.15) is 34.1 Å². The maximum absolute atomic E-state index is 13.5. The highest BCUT2D eigenvalue weighted by molar-refractivity contribution is 5.99. The Kier molecular flexibility index (Phi) is 5.68. The molecule has 1 saturated heterocycles. The minimum absolute atomic E-state index is 0.135. The molecule has 2 aliphatic heterocycles. The molecule has 0 bridgehead atoms. The highest BCUT2D eigenvalue weighted by Gasteiger charge is 2.42. The van der Waals surface area contributed by atoms with Crippen molar-refractivity contribution in [2.24, 2.45) is 0 Å². The molecule has 2 aromatic carbocycles. The van der Waals surface area contributed by atoms with Gasteiger partial charge in [-0.25, -0.2) is 0 Å². The number of hydrogen-bond acceptors (Lipinski definition) is 6. The van der Waals surface area contributed by atoms with E-state index in [1.807, 2.05) is 30.3 Å². The van der Waals surface area contributed by atoms with Crippen LogP contribution in [0, 0.1) is 0 Å². The van der Waals surface area contributed by atoms with Crippen LogP contribution in [0.4, 0.5) is 0 Å². The smallest absolute Gasteiger partial charge is 0.290 e. The summed E-state index contributed by atoms with van der Waals surface area (Å²) < 4.78 is 16.7. The second-order valence-electron chi connectivity index (χ2n) is 8.16. The number of rotatable bonds is 6. The lowest BCUT2D eigenvalue weighted by Crippen LogP contribution is -2.38. The van der Waals surface area contributed by atoms with Crippen molar-refractivity contribution in [2.75, 3.05) is 46.5 Å². The van der Waals surface area contributed by atoms with Crippen molar-refractivity contribution in [2.45, 2.75) is 12.5 Å². The predicted molar refractivity (Wildman–Crippen MR) is 120 cm³/mol. The summed E-state index contributed by atoms with van der Waals surface area (Å²) in [5.74, 6) is 0.474. The molecule has 1 aromatic heterocycles. The summed E-state index contributed by atoms with van der Waals surface area (Å²) in [4.78, 5) is 31.1. The lowest BCUT2D eigenvalue weighted by atomic mass is 9.98. The van der Waals surface area contributed by atoms with E-state index in [0.717, 1.165) is 44.8 Å². The molecule has 7 nitrogen and oxygen atoms in total. The summed E-state index contributed by atoms with van der Waals surface area (Å²) in [6, 6.07) is 14.3. The van der Waals surface area contributed by atoms with Gasteiger partial charge in [-0.1, -0.05) is 30.3 Å². The second kappa shape index (κ2) is 8.76. The topological polar surface area (TPSA) is 72.2 Å². The first-order valence-corrected chi connectivity index (χ1v) is 11.0. The number of morpholine rings is 1. The number of methoxy groups -OCH3 is 1. The largest absolute Gasteiger partial charge is 0.497 e. The standard InChI is InChI=1S/C25H26N2O5/c1-30-18-8-9-19-20(16-18)32-24-21(23(19)28)22(17-6-3-2-4-7-17)27(25(24)29)11-5-10-26-12-14-31-15-13-26/h2-4,6-9,16,22H,5,10-15H2,1H3. The van der Waals surface area contributed by atoms with Gasteiger partial charge in [0.15, 0.2) is 5.43 Å². The summed E-state index contributed by atoms with van der Waals surface area (Å²) in [6.45, 7) is 4.72. The van der Waals surface area contributed by atoms with Crippen LogP contribution in [0.5, 0.6) is 5.75 Å². The van der Waals surface area contributed by atoms with Crippen molar-refractivity contribution in [3.63, 3.8) is 0 Å². The molecule has 3 heterocycles. The van der Waals surface area contributed by atoms with Gasteiger partial charge < -0.3 is 18.8 Å². The second-order valence-corrected chi connectivity index (χ2v) is 8.16. The number of carbonyl (C=O) groups is 1. The van der Waals surface area contributed by atoms with Crippen LogP contribution in [0.3, 0.4) is 0 Å². The number of ether oxygens (including phenoxy) is 2. The minimum Gasteiger partial charge on any atom is -0.497 e. The molecule has 0 N–H and O–H groups in total. The zero-order valence-corrected chi connectivity index (χ0v) is 18.1. The van der Waals surface area contributed by atoms with E-state index in [1.54, 1.807) is 30.2 Å². The Balaban J connectivity index is 1.52. The molecule has 2 aliphatic rings. The number of fused-ring (bicyclic) bond motifs is 2. The maximum Gasteiger partial charge on any atom is 0.290 e. The van der Waals surface area contributed by atoms with Crippen LogP contribution in [0.15, 0.2) is 57.7 Å². The summed E-state index contributed by atoms with van der Waals surface area (Å²) >= 11 is 0. The van der Waals surface area contributed by atoms with E-state index >= 15 is 0 Å². The highest BCUT2D eigenvalue weighted by atomic mass is 16.5. The fourth-order valence-corrected chi connectivity index (χ4v) is 4.63. The molecule has 0 aliphatic carbocycles. The molecular formula is C25H26N2O5. The van der Waals surface area contributed by atoms with Gasteiger partial charge in [0, 0.05) is 32.2 Å². The third kappa shape index (κ3) is 3.67. The fraction of sp³-hybridized carbons (Fsp3) is 0.360. The number of nitrogens with zero attached hydrogens (tertiary/aromatic N) is 2. The number of carbonyl (C=O) groups excluding carboxylic acids is 1. The number of benzene rings is 2. The minimum atomic E-state index is -0.453. The van der Waals surface area contributed by atoms with Crippen LogP contribution in [-0.4, -0.2) is 62.2 Å². The number of hydrogen-bond donors (Lipinski definition) is 0. The van der Waals surface area contributed by atoms with Gasteiger partial charge in [0.1, 0.15) is 11.3 Å². The van der Waals surface area contributed by atoms with Gasteiger partial charge in [0.25, 0.3) is 5.91 Å². The van der Waals surface area contributed by atoms with E-state index in [2.05, 4.69) is 4.90 Å². The van der Waals surface area contributed by atoms with E-state index < -0.39 is 6.04 Å². The van der Waals surface area contributed by atoms with Gasteiger partial charge in [-0.05, 0) is 24.1 Å². The fourth-order valence-electron chi connectivity index (χ4n) is 4.63. The summed E-state index contributed by atoms with van der Waals surface area (Å²) in [6.07, 6.45) is 0.810. The Morgan fingerprint density at radius 3 is 2.56 bits per heavy atom. The maximum atomic E-state index is 13.5. The summed E-state index contributed by atoms with van der Waals surface area (Å²) in [5.41, 5.74) is 1.53. The van der Waals surface area contributed by atoms with Crippen molar-refractivity contribution in [1.82, 2.24) is 9.80 Å².